The number of hydrogen-bond donors (Lipinski definition) is 4. The second kappa shape index (κ2) is 13.1. The van der Waals surface area contributed by atoms with Gasteiger partial charge in [0.1, 0.15) is 24.0 Å². The zero-order chi connectivity index (χ0) is 32.4. The van der Waals surface area contributed by atoms with E-state index in [1.165, 1.54) is 12.1 Å². The molecule has 0 saturated carbocycles. The molecule has 1 fully saturated rings. The van der Waals surface area contributed by atoms with Gasteiger partial charge in [-0.1, -0.05) is 36.4 Å². The van der Waals surface area contributed by atoms with Gasteiger partial charge in [0.2, 0.25) is 0 Å². The molecule has 0 bridgehead atoms. The summed E-state index contributed by atoms with van der Waals surface area (Å²) in [5.74, 6) is -0.584. The number of fused-ring (bicyclic) bond motifs is 1. The van der Waals surface area contributed by atoms with Crippen molar-refractivity contribution in [2.45, 2.75) is 63.4 Å². The van der Waals surface area contributed by atoms with E-state index in [1.807, 2.05) is 29.2 Å². The van der Waals surface area contributed by atoms with Gasteiger partial charge in [0, 0.05) is 35.8 Å². The summed E-state index contributed by atoms with van der Waals surface area (Å²) in [6.45, 7) is 3.70. The van der Waals surface area contributed by atoms with E-state index in [-0.39, 0.29) is 12.2 Å². The van der Waals surface area contributed by atoms with Crippen molar-refractivity contribution in [2.75, 3.05) is 6.61 Å². The number of aromatic nitrogens is 3. The molecule has 0 radical (unpaired) electrons. The predicted molar refractivity (Wildman–Crippen MR) is 162 cm³/mol. The Bertz CT molecular complexity index is 1810. The first-order valence-corrected chi connectivity index (χ1v) is 15.8. The van der Waals surface area contributed by atoms with E-state index in [9.17, 15) is 24.1 Å². The maximum absolute atomic E-state index is 15.8. The fourth-order valence-electron chi connectivity index (χ4n) is 5.05. The summed E-state index contributed by atoms with van der Waals surface area (Å²) < 4.78 is 53.5. The van der Waals surface area contributed by atoms with Crippen molar-refractivity contribution in [1.82, 2.24) is 19.6 Å². The van der Waals surface area contributed by atoms with Gasteiger partial charge in [0.05, 0.1) is 12.7 Å². The third kappa shape index (κ3) is 7.26. The summed E-state index contributed by atoms with van der Waals surface area (Å²) in [5.41, 5.74) is -2.60. The molecule has 2 aromatic heterocycles. The van der Waals surface area contributed by atoms with Gasteiger partial charge in [0.25, 0.3) is 5.56 Å². The fraction of sp³-hybridized carbons (Fsp3) is 0.367. The van der Waals surface area contributed by atoms with Crippen molar-refractivity contribution in [2.24, 2.45) is 0 Å². The van der Waals surface area contributed by atoms with Gasteiger partial charge >= 0.3 is 19.4 Å². The number of nitrogens with one attached hydrogen (secondary N) is 3. The van der Waals surface area contributed by atoms with Gasteiger partial charge < -0.3 is 24.1 Å². The van der Waals surface area contributed by atoms with E-state index in [0.717, 1.165) is 40.2 Å². The van der Waals surface area contributed by atoms with Gasteiger partial charge in [-0.2, -0.15) is 5.09 Å². The highest BCUT2D eigenvalue weighted by atomic mass is 31.2. The van der Waals surface area contributed by atoms with Crippen molar-refractivity contribution < 1.29 is 37.4 Å². The van der Waals surface area contributed by atoms with Crippen LogP contribution in [0.25, 0.3) is 10.9 Å². The first-order chi connectivity index (χ1) is 21.4. The SMILES string of the molecule is CC(C)OC(=O)[C@H](Cc1c[nH]c2ccccc12)NP(=O)(OC[C@H]1O[C@@H](n2ccc(=O)[nH]c2=O)[C@@](C)(F)[C@@H]1O)Oc1ccccc1. The molecule has 6 atom stereocenters. The van der Waals surface area contributed by atoms with Crippen molar-refractivity contribution in [1.29, 1.82) is 0 Å². The molecule has 240 valence electrons. The van der Waals surface area contributed by atoms with Crippen LogP contribution in [-0.4, -0.2) is 62.2 Å². The van der Waals surface area contributed by atoms with Crippen LogP contribution in [0.3, 0.4) is 0 Å². The highest BCUT2D eigenvalue weighted by Gasteiger charge is 2.56. The molecule has 15 heteroatoms. The van der Waals surface area contributed by atoms with Crippen LogP contribution < -0.4 is 20.9 Å². The molecule has 45 heavy (non-hydrogen) atoms. The third-order valence-electron chi connectivity index (χ3n) is 7.25. The molecule has 4 aromatic rings. The van der Waals surface area contributed by atoms with E-state index in [2.05, 4.69) is 10.1 Å². The highest BCUT2D eigenvalue weighted by Crippen LogP contribution is 2.48. The van der Waals surface area contributed by atoms with E-state index in [4.69, 9.17) is 18.5 Å². The number of ether oxygens (including phenoxy) is 2. The molecular formula is C30H34FN4O9P. The van der Waals surface area contributed by atoms with E-state index < -0.39 is 67.8 Å². The van der Waals surface area contributed by atoms with Gasteiger partial charge in [-0.05, 0) is 44.5 Å². The van der Waals surface area contributed by atoms with Gasteiger partial charge in [-0.3, -0.25) is 23.7 Å². The number of para-hydroxylation sites is 2. The average molecular weight is 645 g/mol. The van der Waals surface area contributed by atoms with Crippen molar-refractivity contribution in [3.63, 3.8) is 0 Å². The summed E-state index contributed by atoms with van der Waals surface area (Å²) in [4.78, 5) is 42.3. The Kier molecular flexibility index (Phi) is 9.42. The third-order valence-corrected chi connectivity index (χ3v) is 8.82. The lowest BCUT2D eigenvalue weighted by Gasteiger charge is -2.26. The number of aliphatic hydroxyl groups excluding tert-OH is 1. The second-order valence-electron chi connectivity index (χ2n) is 11.1. The van der Waals surface area contributed by atoms with Crippen molar-refractivity contribution >= 4 is 24.6 Å². The topological polar surface area (TPSA) is 174 Å². The van der Waals surface area contributed by atoms with Crippen LogP contribution >= 0.6 is 7.75 Å². The Balaban J connectivity index is 1.42. The Hall–Kier alpha value is -4.07. The number of rotatable bonds is 12. The van der Waals surface area contributed by atoms with Crippen LogP contribution in [0, 0.1) is 0 Å². The molecule has 0 amide bonds. The number of H-pyrrole nitrogens is 2. The molecular weight excluding hydrogens is 610 g/mol. The summed E-state index contributed by atoms with van der Waals surface area (Å²) in [6.07, 6.45) is -2.62. The number of carbonyl (C=O) groups is 1. The maximum Gasteiger partial charge on any atom is 0.459 e. The van der Waals surface area contributed by atoms with Crippen LogP contribution in [0.15, 0.2) is 82.6 Å². The molecule has 2 aromatic carbocycles. The molecule has 1 aliphatic rings. The number of alkyl halides is 1. The monoisotopic (exact) mass is 644 g/mol. The largest absolute Gasteiger partial charge is 0.462 e. The lowest BCUT2D eigenvalue weighted by molar-refractivity contribution is -0.149. The van der Waals surface area contributed by atoms with E-state index in [1.54, 1.807) is 38.2 Å². The molecule has 0 aliphatic carbocycles. The zero-order valence-corrected chi connectivity index (χ0v) is 25.6. The minimum Gasteiger partial charge on any atom is -0.462 e. The summed E-state index contributed by atoms with van der Waals surface area (Å²) in [7, 11) is -4.49. The molecule has 1 aliphatic heterocycles. The number of nitrogens with zero attached hydrogens (tertiary/aromatic N) is 1. The summed E-state index contributed by atoms with van der Waals surface area (Å²) >= 11 is 0. The highest BCUT2D eigenvalue weighted by molar-refractivity contribution is 7.52. The van der Waals surface area contributed by atoms with E-state index in [0.29, 0.717) is 0 Å². The molecule has 3 heterocycles. The maximum atomic E-state index is 15.8. The average Bonchev–Trinajstić information content (AvgIpc) is 3.49. The Morgan fingerprint density at radius 3 is 2.58 bits per heavy atom. The molecule has 1 saturated heterocycles. The molecule has 13 nitrogen and oxygen atoms in total. The number of esters is 1. The van der Waals surface area contributed by atoms with Crippen molar-refractivity contribution in [3.05, 3.63) is 99.5 Å². The smallest absolute Gasteiger partial charge is 0.459 e. The Labute approximate surface area is 256 Å². The number of hydrogen-bond acceptors (Lipinski definition) is 9. The standard InChI is InChI=1S/C30H34FN4O9P/c1-18(2)42-27(38)23(15-19-16-32-22-12-8-7-11-21(19)22)34-45(40,44-20-9-5-4-6-10-20)41-17-24-26(37)30(3,31)28(43-24)35-14-13-25(36)33-29(35)39/h4-14,16,18,23-24,26,28,32,37H,15,17H2,1-3H3,(H,34,40)(H,33,36,39)/t23-,24+,26+,28+,30-,45?/m0/s1. The fourth-order valence-corrected chi connectivity index (χ4v) is 6.55. The van der Waals surface area contributed by atoms with Gasteiger partial charge in [-0.15, -0.1) is 0 Å². The molecule has 0 spiro atoms. The Morgan fingerprint density at radius 2 is 1.87 bits per heavy atom. The summed E-state index contributed by atoms with van der Waals surface area (Å²) in [6, 6.07) is 15.3. The normalized spacial score (nSPS) is 23.6. The number of aromatic amines is 2. The molecule has 1 unspecified atom stereocenters. The lowest BCUT2D eigenvalue weighted by atomic mass is 9.98. The van der Waals surface area contributed by atoms with Gasteiger partial charge in [-0.25, -0.2) is 13.8 Å². The summed E-state index contributed by atoms with van der Waals surface area (Å²) in [5, 5.41) is 14.4. The molecule has 5 rings (SSSR count). The number of carbonyl (C=O) groups excluding carboxylic acids is 1. The van der Waals surface area contributed by atoms with Crippen LogP contribution in [-0.2, 0) is 29.8 Å². The number of aliphatic hydroxyl groups is 1. The second-order valence-corrected chi connectivity index (χ2v) is 12.8. The predicted octanol–water partition coefficient (Wildman–Crippen LogP) is 3.36. The first-order valence-electron chi connectivity index (χ1n) is 14.2. The molecule has 4 N–H and O–H groups in total. The van der Waals surface area contributed by atoms with Crippen LogP contribution in [0.2, 0.25) is 0 Å². The first kappa shape index (κ1) is 32.3. The van der Waals surface area contributed by atoms with Crippen LogP contribution in [0.5, 0.6) is 5.75 Å². The minimum absolute atomic E-state index is 0.0311. The van der Waals surface area contributed by atoms with Gasteiger partial charge in [0.15, 0.2) is 11.9 Å². The lowest BCUT2D eigenvalue weighted by Crippen LogP contribution is -2.44. The zero-order valence-electron chi connectivity index (χ0n) is 24.7. The Morgan fingerprint density at radius 1 is 1.16 bits per heavy atom. The van der Waals surface area contributed by atoms with Crippen molar-refractivity contribution in [3.8, 4) is 5.75 Å². The minimum atomic E-state index is -4.49. The number of benzene rings is 2. The van der Waals surface area contributed by atoms with Crippen LogP contribution in [0.4, 0.5) is 4.39 Å². The van der Waals surface area contributed by atoms with Crippen LogP contribution in [0.1, 0.15) is 32.6 Å². The quantitative estimate of drug-likeness (QED) is 0.132. The number of halogens is 1. The van der Waals surface area contributed by atoms with E-state index >= 15 is 4.39 Å².